The maximum Gasteiger partial charge on any atom is 0.228 e. The number of rotatable bonds is 9. The van der Waals surface area contributed by atoms with Crippen molar-refractivity contribution in [3.63, 3.8) is 0 Å². The molecule has 2 unspecified atom stereocenters. The molecule has 2 aromatic carbocycles. The van der Waals surface area contributed by atoms with Crippen molar-refractivity contribution >= 4 is 15.7 Å². The summed E-state index contributed by atoms with van der Waals surface area (Å²) in [4.78, 5) is 17.7. The molecule has 0 saturated carbocycles. The smallest absolute Gasteiger partial charge is 0.228 e. The molecular formula is C25H34N2O4S. The van der Waals surface area contributed by atoms with Gasteiger partial charge < -0.3 is 10.0 Å². The summed E-state index contributed by atoms with van der Waals surface area (Å²) >= 11 is 0. The van der Waals surface area contributed by atoms with Gasteiger partial charge in [-0.15, -0.1) is 0 Å². The summed E-state index contributed by atoms with van der Waals surface area (Å²) in [5, 5.41) is 10.6. The lowest BCUT2D eigenvalue weighted by Gasteiger charge is -2.42. The van der Waals surface area contributed by atoms with Gasteiger partial charge in [-0.3, -0.25) is 9.69 Å². The van der Waals surface area contributed by atoms with Gasteiger partial charge in [-0.25, -0.2) is 8.42 Å². The van der Waals surface area contributed by atoms with Crippen LogP contribution in [0.1, 0.15) is 49.8 Å². The SMILES string of the molecule is CCN(C(=O)Cc1ccc(S(C)(=O)=O)cc1)C1CCCCN1CCC(O)c1ccccc1. The van der Waals surface area contributed by atoms with Crippen LogP contribution >= 0.6 is 0 Å². The summed E-state index contributed by atoms with van der Waals surface area (Å²) in [7, 11) is -3.25. The molecule has 174 valence electrons. The largest absolute Gasteiger partial charge is 0.388 e. The quantitative estimate of drug-likeness (QED) is 0.623. The third kappa shape index (κ3) is 6.40. The summed E-state index contributed by atoms with van der Waals surface area (Å²) in [6.45, 7) is 4.26. The van der Waals surface area contributed by atoms with E-state index in [9.17, 15) is 18.3 Å². The molecule has 1 aliphatic heterocycles. The minimum absolute atomic E-state index is 0.0273. The lowest BCUT2D eigenvalue weighted by Crippen LogP contribution is -2.53. The zero-order valence-corrected chi connectivity index (χ0v) is 19.8. The minimum Gasteiger partial charge on any atom is -0.388 e. The number of likely N-dealkylation sites (tertiary alicyclic amines) is 1. The van der Waals surface area contributed by atoms with Gasteiger partial charge in [-0.05, 0) is 55.9 Å². The van der Waals surface area contributed by atoms with Crippen LogP contribution in [0.15, 0.2) is 59.5 Å². The normalized spacial score (nSPS) is 18.3. The molecule has 0 aliphatic carbocycles. The number of sulfone groups is 1. The molecule has 1 N–H and O–H groups in total. The van der Waals surface area contributed by atoms with E-state index in [0.717, 1.165) is 43.5 Å². The highest BCUT2D eigenvalue weighted by molar-refractivity contribution is 7.90. The standard InChI is InChI=1S/C25H34N2O4S/c1-3-27(25(29)19-20-12-14-22(15-13-20)32(2,30)31)24-11-7-8-17-26(24)18-16-23(28)21-9-5-4-6-10-21/h4-6,9-10,12-15,23-24,28H,3,7-8,11,16-19H2,1-2H3. The van der Waals surface area contributed by atoms with Crippen LogP contribution in [-0.4, -0.2) is 61.3 Å². The average molecular weight is 459 g/mol. The van der Waals surface area contributed by atoms with Gasteiger partial charge in [-0.2, -0.15) is 0 Å². The summed E-state index contributed by atoms with van der Waals surface area (Å²) in [5.41, 5.74) is 1.73. The summed E-state index contributed by atoms with van der Waals surface area (Å²) in [6.07, 6.45) is 4.66. The molecule has 0 radical (unpaired) electrons. The maximum atomic E-state index is 13.2. The fourth-order valence-electron chi connectivity index (χ4n) is 4.40. The van der Waals surface area contributed by atoms with Gasteiger partial charge in [-0.1, -0.05) is 42.5 Å². The minimum atomic E-state index is -3.25. The van der Waals surface area contributed by atoms with Gasteiger partial charge in [0.25, 0.3) is 0 Å². The van der Waals surface area contributed by atoms with Crippen LogP contribution in [-0.2, 0) is 21.1 Å². The van der Waals surface area contributed by atoms with Gasteiger partial charge >= 0.3 is 0 Å². The molecule has 3 rings (SSSR count). The van der Waals surface area contributed by atoms with E-state index >= 15 is 0 Å². The van der Waals surface area contributed by atoms with Crippen LogP contribution < -0.4 is 0 Å². The van der Waals surface area contributed by atoms with Crippen LogP contribution in [0.4, 0.5) is 0 Å². The van der Waals surface area contributed by atoms with E-state index in [-0.39, 0.29) is 23.4 Å². The molecule has 1 fully saturated rings. The number of piperidine rings is 1. The number of benzene rings is 2. The highest BCUT2D eigenvalue weighted by atomic mass is 32.2. The molecule has 1 amide bonds. The Balaban J connectivity index is 1.64. The van der Waals surface area contributed by atoms with Crippen molar-refractivity contribution in [3.8, 4) is 0 Å². The van der Waals surface area contributed by atoms with E-state index in [1.165, 1.54) is 6.26 Å². The fourth-order valence-corrected chi connectivity index (χ4v) is 5.03. The fraction of sp³-hybridized carbons (Fsp3) is 0.480. The Morgan fingerprint density at radius 2 is 1.81 bits per heavy atom. The number of hydrogen-bond donors (Lipinski definition) is 1. The zero-order valence-electron chi connectivity index (χ0n) is 19.0. The van der Waals surface area contributed by atoms with Crippen LogP contribution in [0.3, 0.4) is 0 Å². The van der Waals surface area contributed by atoms with Crippen molar-refractivity contribution in [1.29, 1.82) is 0 Å². The first-order valence-electron chi connectivity index (χ1n) is 11.3. The summed E-state index contributed by atoms with van der Waals surface area (Å²) < 4.78 is 23.3. The Morgan fingerprint density at radius 1 is 1.12 bits per heavy atom. The molecule has 7 heteroatoms. The van der Waals surface area contributed by atoms with E-state index in [0.29, 0.717) is 13.0 Å². The van der Waals surface area contributed by atoms with Crippen LogP contribution in [0, 0.1) is 0 Å². The zero-order chi connectivity index (χ0) is 23.1. The third-order valence-electron chi connectivity index (χ3n) is 6.18. The molecule has 1 aliphatic rings. The number of hydrogen-bond acceptors (Lipinski definition) is 5. The molecule has 1 heterocycles. The molecule has 0 bridgehead atoms. The van der Waals surface area contributed by atoms with Gasteiger partial charge in [0.05, 0.1) is 23.6 Å². The van der Waals surface area contributed by atoms with Gasteiger partial charge in [0, 0.05) is 25.9 Å². The molecule has 0 aromatic heterocycles. The maximum absolute atomic E-state index is 13.2. The third-order valence-corrected chi connectivity index (χ3v) is 7.31. The molecule has 2 atom stereocenters. The highest BCUT2D eigenvalue weighted by Crippen LogP contribution is 2.24. The highest BCUT2D eigenvalue weighted by Gasteiger charge is 2.30. The molecule has 6 nitrogen and oxygen atoms in total. The lowest BCUT2D eigenvalue weighted by molar-refractivity contribution is -0.138. The Bertz CT molecular complexity index is 977. The number of aliphatic hydroxyl groups excluding tert-OH is 1. The van der Waals surface area contributed by atoms with Gasteiger partial charge in [0.2, 0.25) is 5.91 Å². The van der Waals surface area contributed by atoms with Gasteiger partial charge in [0.15, 0.2) is 9.84 Å². The molecular weight excluding hydrogens is 424 g/mol. The second-order valence-corrected chi connectivity index (χ2v) is 10.5. The topological polar surface area (TPSA) is 77.9 Å². The number of carbonyl (C=O) groups excluding carboxylic acids is 1. The first-order valence-corrected chi connectivity index (χ1v) is 13.2. The van der Waals surface area contributed by atoms with E-state index in [4.69, 9.17) is 0 Å². The Labute approximate surface area is 191 Å². The van der Waals surface area contributed by atoms with Crippen molar-refractivity contribution in [3.05, 3.63) is 65.7 Å². The van der Waals surface area contributed by atoms with E-state index < -0.39 is 15.9 Å². The lowest BCUT2D eigenvalue weighted by atomic mass is 10.0. The van der Waals surface area contributed by atoms with Crippen LogP contribution in [0.2, 0.25) is 0 Å². The predicted octanol–water partition coefficient (Wildman–Crippen LogP) is 3.42. The van der Waals surface area contributed by atoms with E-state index in [2.05, 4.69) is 4.90 Å². The van der Waals surface area contributed by atoms with Crippen molar-refractivity contribution in [2.75, 3.05) is 25.9 Å². The monoisotopic (exact) mass is 458 g/mol. The number of amides is 1. The number of likely N-dealkylation sites (N-methyl/N-ethyl adjacent to an activating group) is 1. The number of aliphatic hydroxyl groups is 1. The summed E-state index contributed by atoms with van der Waals surface area (Å²) in [5.74, 6) is 0.0418. The Hall–Kier alpha value is -2.22. The molecule has 0 spiro atoms. The average Bonchev–Trinajstić information content (AvgIpc) is 2.79. The second kappa shape index (κ2) is 11.1. The Kier molecular flexibility index (Phi) is 8.45. The van der Waals surface area contributed by atoms with Crippen molar-refractivity contribution in [1.82, 2.24) is 9.80 Å². The first-order chi connectivity index (χ1) is 15.3. The van der Waals surface area contributed by atoms with E-state index in [1.807, 2.05) is 42.2 Å². The number of carbonyl (C=O) groups is 1. The molecule has 1 saturated heterocycles. The molecule has 2 aromatic rings. The number of nitrogens with zero attached hydrogens (tertiary/aromatic N) is 2. The summed E-state index contributed by atoms with van der Waals surface area (Å²) in [6, 6.07) is 16.2. The molecule has 32 heavy (non-hydrogen) atoms. The second-order valence-electron chi connectivity index (χ2n) is 8.50. The van der Waals surface area contributed by atoms with Crippen LogP contribution in [0.5, 0.6) is 0 Å². The van der Waals surface area contributed by atoms with Crippen molar-refractivity contribution in [2.45, 2.75) is 56.2 Å². The van der Waals surface area contributed by atoms with Crippen LogP contribution in [0.25, 0.3) is 0 Å². The van der Waals surface area contributed by atoms with Gasteiger partial charge in [0.1, 0.15) is 0 Å². The Morgan fingerprint density at radius 3 is 2.44 bits per heavy atom. The van der Waals surface area contributed by atoms with E-state index in [1.54, 1.807) is 24.3 Å². The van der Waals surface area contributed by atoms with Crippen molar-refractivity contribution < 1.29 is 18.3 Å². The first kappa shape index (κ1) is 24.4. The van der Waals surface area contributed by atoms with Crippen molar-refractivity contribution in [2.24, 2.45) is 0 Å². The predicted molar refractivity (Wildman–Crippen MR) is 126 cm³/mol.